The Balaban J connectivity index is 2.05. The van der Waals surface area contributed by atoms with Gasteiger partial charge in [-0.3, -0.25) is 4.79 Å². The summed E-state index contributed by atoms with van der Waals surface area (Å²) in [7, 11) is -0.546. The Labute approximate surface area is 138 Å². The Hall–Kier alpha value is -1.77. The van der Waals surface area contributed by atoms with E-state index in [1.807, 2.05) is 0 Å². The van der Waals surface area contributed by atoms with Crippen molar-refractivity contribution in [1.29, 1.82) is 0 Å². The highest BCUT2D eigenvalue weighted by Gasteiger charge is 2.19. The van der Waals surface area contributed by atoms with Gasteiger partial charge in [0.1, 0.15) is 10.0 Å². The Morgan fingerprint density at radius 2 is 1.96 bits per heavy atom. The van der Waals surface area contributed by atoms with Crippen molar-refractivity contribution in [3.63, 3.8) is 0 Å². The largest absolute Gasteiger partial charge is 0.347 e. The molecule has 0 aliphatic heterocycles. The molecule has 0 saturated heterocycles. The molecular formula is C15H17FN2O3S2. The van der Waals surface area contributed by atoms with Crippen LogP contribution in [-0.4, -0.2) is 32.7 Å². The highest BCUT2D eigenvalue weighted by Crippen LogP contribution is 2.23. The summed E-state index contributed by atoms with van der Waals surface area (Å²) in [6.45, 7) is 1.80. The van der Waals surface area contributed by atoms with Crippen LogP contribution in [0.5, 0.6) is 0 Å². The molecule has 0 saturated carbocycles. The van der Waals surface area contributed by atoms with E-state index in [9.17, 15) is 17.6 Å². The molecule has 0 radical (unpaired) electrons. The molecule has 0 bridgehead atoms. The van der Waals surface area contributed by atoms with Gasteiger partial charge in [-0.2, -0.15) is 0 Å². The number of amides is 1. The number of nitrogens with zero attached hydrogens (tertiary/aromatic N) is 1. The van der Waals surface area contributed by atoms with Gasteiger partial charge in [-0.05, 0) is 36.8 Å². The zero-order valence-electron chi connectivity index (χ0n) is 13.0. The third-order valence-electron chi connectivity index (χ3n) is 3.23. The van der Waals surface area contributed by atoms with Crippen LogP contribution >= 0.6 is 11.3 Å². The molecule has 0 atom stereocenters. The van der Waals surface area contributed by atoms with Crippen molar-refractivity contribution in [3.8, 4) is 0 Å². The van der Waals surface area contributed by atoms with E-state index in [2.05, 4.69) is 5.32 Å². The lowest BCUT2D eigenvalue weighted by atomic mass is 10.1. The van der Waals surface area contributed by atoms with Crippen molar-refractivity contribution < 1.29 is 17.6 Å². The van der Waals surface area contributed by atoms with Gasteiger partial charge >= 0.3 is 0 Å². The van der Waals surface area contributed by atoms with Gasteiger partial charge in [-0.15, -0.1) is 11.3 Å². The standard InChI is InChI=1S/C15H17FN2O3S2/c1-10-4-5-11(8-13(10)16)15(19)17-9-12-6-7-14(22-12)23(20,21)18(2)3/h4-8H,9H2,1-3H3,(H,17,19). The van der Waals surface area contributed by atoms with Crippen LogP contribution < -0.4 is 5.32 Å². The summed E-state index contributed by atoms with van der Waals surface area (Å²) in [5, 5.41) is 2.65. The van der Waals surface area contributed by atoms with E-state index in [0.717, 1.165) is 15.6 Å². The van der Waals surface area contributed by atoms with E-state index in [0.29, 0.717) is 10.4 Å². The van der Waals surface area contributed by atoms with Crippen molar-refractivity contribution in [3.05, 3.63) is 52.2 Å². The maximum atomic E-state index is 13.5. The van der Waals surface area contributed by atoms with Crippen molar-refractivity contribution in [1.82, 2.24) is 9.62 Å². The van der Waals surface area contributed by atoms with Crippen LogP contribution in [0.15, 0.2) is 34.5 Å². The summed E-state index contributed by atoms with van der Waals surface area (Å²) in [4.78, 5) is 12.7. The topological polar surface area (TPSA) is 66.5 Å². The molecule has 2 aromatic rings. The fraction of sp³-hybridized carbons (Fsp3) is 0.267. The second-order valence-corrected chi connectivity index (χ2v) is 8.70. The number of benzene rings is 1. The number of carbonyl (C=O) groups is 1. The Bertz CT molecular complexity index is 829. The van der Waals surface area contributed by atoms with Gasteiger partial charge in [0.25, 0.3) is 15.9 Å². The Morgan fingerprint density at radius 3 is 2.57 bits per heavy atom. The Kier molecular flexibility index (Phi) is 5.18. The summed E-state index contributed by atoms with van der Waals surface area (Å²) in [6.07, 6.45) is 0. The highest BCUT2D eigenvalue weighted by molar-refractivity contribution is 7.91. The molecule has 124 valence electrons. The molecule has 0 unspecified atom stereocenters. The van der Waals surface area contributed by atoms with Crippen LogP contribution in [0.3, 0.4) is 0 Å². The molecular weight excluding hydrogens is 339 g/mol. The molecule has 1 heterocycles. The number of carbonyl (C=O) groups excluding carboxylic acids is 1. The van der Waals surface area contributed by atoms with Gasteiger partial charge in [0, 0.05) is 24.5 Å². The number of aryl methyl sites for hydroxylation is 1. The van der Waals surface area contributed by atoms with Crippen LogP contribution in [-0.2, 0) is 16.6 Å². The quantitative estimate of drug-likeness (QED) is 0.894. The Morgan fingerprint density at radius 1 is 1.26 bits per heavy atom. The second-order valence-electron chi connectivity index (χ2n) is 5.15. The smallest absolute Gasteiger partial charge is 0.252 e. The summed E-state index contributed by atoms with van der Waals surface area (Å²) >= 11 is 1.09. The van der Waals surface area contributed by atoms with Gasteiger partial charge in [-0.1, -0.05) is 6.07 Å². The van der Waals surface area contributed by atoms with Gasteiger partial charge in [0.2, 0.25) is 0 Å². The molecule has 2 rings (SSSR count). The zero-order chi connectivity index (χ0) is 17.2. The first-order chi connectivity index (χ1) is 10.7. The predicted octanol–water partition coefficient (Wildman–Crippen LogP) is 2.38. The van der Waals surface area contributed by atoms with Crippen molar-refractivity contribution in [2.24, 2.45) is 0 Å². The molecule has 1 aromatic carbocycles. The molecule has 1 aromatic heterocycles. The summed E-state index contributed by atoms with van der Waals surface area (Å²) in [6, 6.07) is 7.42. The van der Waals surface area contributed by atoms with Gasteiger partial charge in [0.15, 0.2) is 0 Å². The number of nitrogens with one attached hydrogen (secondary N) is 1. The van der Waals surface area contributed by atoms with E-state index in [-0.39, 0.29) is 16.3 Å². The number of sulfonamides is 1. The monoisotopic (exact) mass is 356 g/mol. The first-order valence-electron chi connectivity index (χ1n) is 6.77. The normalized spacial score (nSPS) is 11.7. The van der Waals surface area contributed by atoms with E-state index in [1.165, 1.54) is 32.3 Å². The molecule has 0 fully saturated rings. The minimum absolute atomic E-state index is 0.182. The number of rotatable bonds is 5. The molecule has 5 nitrogen and oxygen atoms in total. The molecule has 0 aliphatic carbocycles. The van der Waals surface area contributed by atoms with Crippen LogP contribution in [0.25, 0.3) is 0 Å². The van der Waals surface area contributed by atoms with Crippen LogP contribution in [0.4, 0.5) is 4.39 Å². The molecule has 23 heavy (non-hydrogen) atoms. The van der Waals surface area contributed by atoms with E-state index in [1.54, 1.807) is 19.1 Å². The van der Waals surface area contributed by atoms with E-state index in [4.69, 9.17) is 0 Å². The lowest BCUT2D eigenvalue weighted by molar-refractivity contribution is 0.0951. The number of halogens is 1. The first kappa shape index (κ1) is 17.6. The average molecular weight is 356 g/mol. The highest BCUT2D eigenvalue weighted by atomic mass is 32.2. The fourth-order valence-electron chi connectivity index (χ4n) is 1.78. The lowest BCUT2D eigenvalue weighted by Crippen LogP contribution is -2.22. The molecule has 0 aliphatic rings. The van der Waals surface area contributed by atoms with Gasteiger partial charge in [0.05, 0.1) is 6.54 Å². The third kappa shape index (κ3) is 3.95. The maximum absolute atomic E-state index is 13.5. The third-order valence-corrected chi connectivity index (χ3v) is 6.60. The SMILES string of the molecule is Cc1ccc(C(=O)NCc2ccc(S(=O)(=O)N(C)C)s2)cc1F. The van der Waals surface area contributed by atoms with E-state index < -0.39 is 21.7 Å². The lowest BCUT2D eigenvalue weighted by Gasteiger charge is -2.08. The van der Waals surface area contributed by atoms with Crippen LogP contribution in [0.1, 0.15) is 20.8 Å². The average Bonchev–Trinajstić information content (AvgIpc) is 2.97. The zero-order valence-corrected chi connectivity index (χ0v) is 14.6. The van der Waals surface area contributed by atoms with Gasteiger partial charge in [-0.25, -0.2) is 17.1 Å². The van der Waals surface area contributed by atoms with Crippen molar-refractivity contribution >= 4 is 27.3 Å². The second kappa shape index (κ2) is 6.77. The molecule has 1 N–H and O–H groups in total. The van der Waals surface area contributed by atoms with Gasteiger partial charge < -0.3 is 5.32 Å². The number of thiophene rings is 1. The first-order valence-corrected chi connectivity index (χ1v) is 9.03. The summed E-state index contributed by atoms with van der Waals surface area (Å²) in [5.41, 5.74) is 0.698. The molecule has 8 heteroatoms. The van der Waals surface area contributed by atoms with Crippen molar-refractivity contribution in [2.45, 2.75) is 17.7 Å². The van der Waals surface area contributed by atoms with Crippen molar-refractivity contribution in [2.75, 3.05) is 14.1 Å². The van der Waals surface area contributed by atoms with Crippen LogP contribution in [0, 0.1) is 12.7 Å². The number of hydrogen-bond acceptors (Lipinski definition) is 4. The summed E-state index contributed by atoms with van der Waals surface area (Å²) < 4.78 is 38.8. The number of hydrogen-bond donors (Lipinski definition) is 1. The minimum atomic E-state index is -3.47. The van der Waals surface area contributed by atoms with E-state index >= 15 is 0 Å². The minimum Gasteiger partial charge on any atom is -0.347 e. The summed E-state index contributed by atoms with van der Waals surface area (Å²) in [5.74, 6) is -0.845. The fourth-order valence-corrected chi connectivity index (χ4v) is 4.24. The predicted molar refractivity (Wildman–Crippen MR) is 87.5 cm³/mol. The molecule has 1 amide bonds. The maximum Gasteiger partial charge on any atom is 0.252 e. The van der Waals surface area contributed by atoms with Crippen LogP contribution in [0.2, 0.25) is 0 Å². The molecule has 0 spiro atoms.